The Hall–Kier alpha value is -2.35. The summed E-state index contributed by atoms with van der Waals surface area (Å²) < 4.78 is 33.4. The van der Waals surface area contributed by atoms with Gasteiger partial charge in [0.25, 0.3) is 0 Å². The second-order valence-electron chi connectivity index (χ2n) is 6.59. The van der Waals surface area contributed by atoms with E-state index in [0.29, 0.717) is 42.2 Å². The number of rotatable bonds is 4. The molecule has 2 aromatic carbocycles. The van der Waals surface area contributed by atoms with Crippen molar-refractivity contribution in [2.45, 2.75) is 16.3 Å². The molecule has 1 aliphatic rings. The molecule has 4 rings (SSSR count). The summed E-state index contributed by atoms with van der Waals surface area (Å²) in [6, 6.07) is 13.3. The van der Waals surface area contributed by atoms with Gasteiger partial charge >= 0.3 is 0 Å². The monoisotopic (exact) mass is 418 g/mol. The number of halogens is 1. The molecule has 6 nitrogen and oxygen atoms in total. The van der Waals surface area contributed by atoms with Crippen molar-refractivity contribution in [1.82, 2.24) is 9.47 Å². The van der Waals surface area contributed by atoms with Crippen molar-refractivity contribution in [2.75, 3.05) is 26.3 Å². The van der Waals surface area contributed by atoms with Gasteiger partial charge in [0.1, 0.15) is 6.54 Å². The van der Waals surface area contributed by atoms with Crippen LogP contribution in [0.5, 0.6) is 0 Å². The lowest BCUT2D eigenvalue weighted by Crippen LogP contribution is -2.42. The number of morpholine rings is 1. The standard InChI is InChI=1S/C20H19ClN2O4S/c21-15-5-7-16(8-6-15)28(25,26)19-13-23(18-4-2-1-3-17(18)19)14-20(24)22-9-11-27-12-10-22/h1-8,13H,9-12,14H2. The predicted octanol–water partition coefficient (Wildman–Crippen LogP) is 2.99. The van der Waals surface area contributed by atoms with Gasteiger partial charge in [-0.1, -0.05) is 29.8 Å². The summed E-state index contributed by atoms with van der Waals surface area (Å²) in [5.41, 5.74) is 0.705. The van der Waals surface area contributed by atoms with Gasteiger partial charge in [-0.05, 0) is 30.3 Å². The third-order valence-corrected chi connectivity index (χ3v) is 6.88. The van der Waals surface area contributed by atoms with E-state index in [9.17, 15) is 13.2 Å². The van der Waals surface area contributed by atoms with Crippen LogP contribution in [0, 0.1) is 0 Å². The van der Waals surface area contributed by atoms with Crippen LogP contribution in [-0.4, -0.2) is 50.1 Å². The van der Waals surface area contributed by atoms with Crippen molar-refractivity contribution in [3.8, 4) is 0 Å². The second-order valence-corrected chi connectivity index (χ2v) is 8.94. The Morgan fingerprint density at radius 1 is 1.04 bits per heavy atom. The molecule has 3 aromatic rings. The molecular weight excluding hydrogens is 400 g/mol. The Balaban J connectivity index is 1.74. The highest BCUT2D eigenvalue weighted by atomic mass is 35.5. The third-order valence-electron chi connectivity index (χ3n) is 4.83. The Bertz CT molecular complexity index is 1120. The van der Waals surface area contributed by atoms with E-state index < -0.39 is 9.84 Å². The van der Waals surface area contributed by atoms with Gasteiger partial charge in [0.05, 0.1) is 23.0 Å². The highest BCUT2D eigenvalue weighted by Crippen LogP contribution is 2.30. The SMILES string of the molecule is O=C(Cn1cc(S(=O)(=O)c2ccc(Cl)cc2)c2ccccc21)N1CCOCC1. The minimum atomic E-state index is -3.75. The van der Waals surface area contributed by atoms with Gasteiger partial charge in [-0.3, -0.25) is 4.79 Å². The number of nitrogens with zero attached hydrogens (tertiary/aromatic N) is 2. The molecule has 28 heavy (non-hydrogen) atoms. The minimum Gasteiger partial charge on any atom is -0.378 e. The fourth-order valence-corrected chi connectivity index (χ4v) is 4.96. The molecule has 0 N–H and O–H groups in total. The van der Waals surface area contributed by atoms with Gasteiger partial charge in [-0.15, -0.1) is 0 Å². The zero-order valence-electron chi connectivity index (χ0n) is 15.0. The third kappa shape index (κ3) is 3.53. The van der Waals surface area contributed by atoms with E-state index in [1.165, 1.54) is 12.1 Å². The first kappa shape index (κ1) is 19.0. The number of ether oxygens (including phenoxy) is 1. The number of sulfone groups is 1. The number of benzene rings is 2. The number of fused-ring (bicyclic) bond motifs is 1. The first-order valence-corrected chi connectivity index (χ1v) is 10.8. The molecule has 0 spiro atoms. The molecule has 0 aliphatic carbocycles. The maximum Gasteiger partial charge on any atom is 0.242 e. The van der Waals surface area contributed by atoms with E-state index in [1.807, 2.05) is 12.1 Å². The number of carbonyl (C=O) groups excluding carboxylic acids is 1. The summed E-state index contributed by atoms with van der Waals surface area (Å²) in [5.74, 6) is -0.0560. The van der Waals surface area contributed by atoms with Gasteiger partial charge in [-0.2, -0.15) is 0 Å². The molecule has 1 aromatic heterocycles. The lowest BCUT2D eigenvalue weighted by molar-refractivity contribution is -0.135. The van der Waals surface area contributed by atoms with Crippen LogP contribution >= 0.6 is 11.6 Å². The van der Waals surface area contributed by atoms with Crippen molar-refractivity contribution in [3.05, 3.63) is 59.8 Å². The molecule has 0 radical (unpaired) electrons. The average molecular weight is 419 g/mol. The number of hydrogen-bond donors (Lipinski definition) is 0. The van der Waals surface area contributed by atoms with Crippen molar-refractivity contribution >= 4 is 38.2 Å². The number of hydrogen-bond acceptors (Lipinski definition) is 4. The highest BCUT2D eigenvalue weighted by molar-refractivity contribution is 7.91. The van der Waals surface area contributed by atoms with Crippen molar-refractivity contribution in [1.29, 1.82) is 0 Å². The topological polar surface area (TPSA) is 68.6 Å². The van der Waals surface area contributed by atoms with Crippen LogP contribution in [0.2, 0.25) is 5.02 Å². The molecule has 1 saturated heterocycles. The van der Waals surface area contributed by atoms with Gasteiger partial charge < -0.3 is 14.2 Å². The Morgan fingerprint density at radius 2 is 1.71 bits per heavy atom. The van der Waals surface area contributed by atoms with E-state index in [-0.39, 0.29) is 22.2 Å². The normalized spacial score (nSPS) is 15.1. The molecule has 146 valence electrons. The first-order valence-electron chi connectivity index (χ1n) is 8.91. The average Bonchev–Trinajstić information content (AvgIpc) is 3.08. The predicted molar refractivity (Wildman–Crippen MR) is 106 cm³/mol. The van der Waals surface area contributed by atoms with Crippen LogP contribution in [0.3, 0.4) is 0 Å². The van der Waals surface area contributed by atoms with E-state index >= 15 is 0 Å². The van der Waals surface area contributed by atoms with E-state index in [0.717, 1.165) is 0 Å². The number of amides is 1. The summed E-state index contributed by atoms with van der Waals surface area (Å²) in [7, 11) is -3.75. The molecule has 1 aliphatic heterocycles. The van der Waals surface area contributed by atoms with Crippen LogP contribution in [0.1, 0.15) is 0 Å². The molecule has 0 bridgehead atoms. The maximum atomic E-state index is 13.2. The van der Waals surface area contributed by atoms with Gasteiger partial charge in [-0.25, -0.2) is 8.42 Å². The summed E-state index contributed by atoms with van der Waals surface area (Å²) in [5, 5.41) is 1.06. The van der Waals surface area contributed by atoms with Crippen molar-refractivity contribution in [3.63, 3.8) is 0 Å². The summed E-state index contributed by atoms with van der Waals surface area (Å²) in [6.45, 7) is 2.22. The Labute approximate surface area is 168 Å². The zero-order chi connectivity index (χ0) is 19.7. The summed E-state index contributed by atoms with van der Waals surface area (Å²) in [6.07, 6.45) is 1.55. The van der Waals surface area contributed by atoms with Crippen molar-refractivity contribution < 1.29 is 17.9 Å². The lowest BCUT2D eigenvalue weighted by Gasteiger charge is -2.27. The molecule has 1 amide bonds. The van der Waals surface area contributed by atoms with Crippen LogP contribution < -0.4 is 0 Å². The smallest absolute Gasteiger partial charge is 0.242 e. The minimum absolute atomic E-state index is 0.0560. The Morgan fingerprint density at radius 3 is 2.43 bits per heavy atom. The van der Waals surface area contributed by atoms with Gasteiger partial charge in [0.2, 0.25) is 15.7 Å². The second kappa shape index (κ2) is 7.58. The quantitative estimate of drug-likeness (QED) is 0.653. The van der Waals surface area contributed by atoms with Crippen LogP contribution in [-0.2, 0) is 25.9 Å². The zero-order valence-corrected chi connectivity index (χ0v) is 16.6. The van der Waals surface area contributed by atoms with Crippen LogP contribution in [0.25, 0.3) is 10.9 Å². The molecule has 1 fully saturated rings. The molecule has 0 unspecified atom stereocenters. The van der Waals surface area contributed by atoms with Crippen LogP contribution in [0.15, 0.2) is 64.5 Å². The number of carbonyl (C=O) groups is 1. The van der Waals surface area contributed by atoms with Gasteiger partial charge in [0, 0.05) is 35.2 Å². The molecule has 2 heterocycles. The fraction of sp³-hybridized carbons (Fsp3) is 0.250. The molecular formula is C20H19ClN2O4S. The fourth-order valence-electron chi connectivity index (χ4n) is 3.36. The highest BCUT2D eigenvalue weighted by Gasteiger charge is 2.25. The Kier molecular flexibility index (Phi) is 5.14. The van der Waals surface area contributed by atoms with E-state index in [1.54, 1.807) is 39.9 Å². The van der Waals surface area contributed by atoms with Crippen molar-refractivity contribution in [2.24, 2.45) is 0 Å². The summed E-state index contributed by atoms with van der Waals surface area (Å²) >= 11 is 5.89. The van der Waals surface area contributed by atoms with E-state index in [4.69, 9.17) is 16.3 Å². The van der Waals surface area contributed by atoms with Gasteiger partial charge in [0.15, 0.2) is 0 Å². The molecule has 0 atom stereocenters. The van der Waals surface area contributed by atoms with Crippen LogP contribution in [0.4, 0.5) is 0 Å². The summed E-state index contributed by atoms with van der Waals surface area (Å²) in [4.78, 5) is 14.8. The molecule has 8 heteroatoms. The number of para-hydroxylation sites is 1. The van der Waals surface area contributed by atoms with E-state index in [2.05, 4.69) is 0 Å². The largest absolute Gasteiger partial charge is 0.378 e. The lowest BCUT2D eigenvalue weighted by atomic mass is 10.2. The first-order chi connectivity index (χ1) is 13.5. The number of aromatic nitrogens is 1. The maximum absolute atomic E-state index is 13.2. The molecule has 0 saturated carbocycles.